The maximum atomic E-state index is 5.53. The van der Waals surface area contributed by atoms with Gasteiger partial charge in [-0.25, -0.2) is 0 Å². The average molecular weight is 205 g/mol. The number of aryl methyl sites for hydroxylation is 2. The SMILES string of the molecule is Cc1cc(-c2occc2CCN)nn1C. The summed E-state index contributed by atoms with van der Waals surface area (Å²) in [5.41, 5.74) is 8.64. The lowest BCUT2D eigenvalue weighted by Crippen LogP contribution is -2.02. The van der Waals surface area contributed by atoms with E-state index < -0.39 is 0 Å². The molecule has 80 valence electrons. The Bertz CT molecular complexity index is 437. The van der Waals surface area contributed by atoms with E-state index in [4.69, 9.17) is 10.2 Å². The van der Waals surface area contributed by atoms with E-state index in [0.717, 1.165) is 29.1 Å². The van der Waals surface area contributed by atoms with Crippen molar-refractivity contribution in [3.05, 3.63) is 29.7 Å². The summed E-state index contributed by atoms with van der Waals surface area (Å²) < 4.78 is 7.28. The van der Waals surface area contributed by atoms with Crippen molar-refractivity contribution in [2.24, 2.45) is 12.8 Å². The third-order valence-corrected chi connectivity index (χ3v) is 2.51. The molecule has 0 unspecified atom stereocenters. The van der Waals surface area contributed by atoms with Gasteiger partial charge in [-0.2, -0.15) is 5.10 Å². The number of hydrogen-bond acceptors (Lipinski definition) is 3. The molecule has 0 spiro atoms. The third-order valence-electron chi connectivity index (χ3n) is 2.51. The van der Waals surface area contributed by atoms with Gasteiger partial charge < -0.3 is 10.2 Å². The topological polar surface area (TPSA) is 57.0 Å². The van der Waals surface area contributed by atoms with Crippen molar-refractivity contribution in [1.82, 2.24) is 9.78 Å². The van der Waals surface area contributed by atoms with Gasteiger partial charge in [-0.05, 0) is 32.0 Å². The van der Waals surface area contributed by atoms with Crippen molar-refractivity contribution < 1.29 is 4.42 Å². The number of nitrogens with zero attached hydrogens (tertiary/aromatic N) is 2. The van der Waals surface area contributed by atoms with E-state index in [0.29, 0.717) is 6.54 Å². The molecule has 2 heterocycles. The van der Waals surface area contributed by atoms with E-state index in [1.165, 1.54) is 0 Å². The van der Waals surface area contributed by atoms with Crippen molar-refractivity contribution >= 4 is 0 Å². The highest BCUT2D eigenvalue weighted by Gasteiger charge is 2.12. The van der Waals surface area contributed by atoms with Crippen molar-refractivity contribution in [3.63, 3.8) is 0 Å². The molecular formula is C11H15N3O. The summed E-state index contributed by atoms with van der Waals surface area (Å²) in [6.07, 6.45) is 2.51. The first-order chi connectivity index (χ1) is 7.22. The molecule has 2 rings (SSSR count). The first kappa shape index (κ1) is 9.98. The molecular weight excluding hydrogens is 190 g/mol. The van der Waals surface area contributed by atoms with Crippen molar-refractivity contribution in [3.8, 4) is 11.5 Å². The molecule has 0 aliphatic carbocycles. The Morgan fingerprint density at radius 3 is 2.93 bits per heavy atom. The molecule has 15 heavy (non-hydrogen) atoms. The highest BCUT2D eigenvalue weighted by Crippen LogP contribution is 2.24. The number of hydrogen-bond donors (Lipinski definition) is 1. The molecule has 0 radical (unpaired) electrons. The lowest BCUT2D eigenvalue weighted by molar-refractivity contribution is 0.574. The van der Waals surface area contributed by atoms with Crippen LogP contribution in [0, 0.1) is 6.92 Å². The molecule has 0 atom stereocenters. The van der Waals surface area contributed by atoms with Gasteiger partial charge in [0.2, 0.25) is 0 Å². The molecule has 0 aliphatic heterocycles. The zero-order valence-electron chi connectivity index (χ0n) is 9.03. The largest absolute Gasteiger partial charge is 0.462 e. The van der Waals surface area contributed by atoms with Crippen LogP contribution < -0.4 is 5.73 Å². The fraction of sp³-hybridized carbons (Fsp3) is 0.364. The molecule has 0 aromatic carbocycles. The van der Waals surface area contributed by atoms with Crippen LogP contribution in [0.2, 0.25) is 0 Å². The fourth-order valence-corrected chi connectivity index (χ4v) is 1.58. The second kappa shape index (κ2) is 3.90. The van der Waals surface area contributed by atoms with Crippen LogP contribution in [0.25, 0.3) is 11.5 Å². The highest BCUT2D eigenvalue weighted by molar-refractivity contribution is 5.57. The predicted octanol–water partition coefficient (Wildman–Crippen LogP) is 1.49. The Balaban J connectivity index is 2.40. The van der Waals surface area contributed by atoms with Gasteiger partial charge in [-0.1, -0.05) is 0 Å². The molecule has 0 amide bonds. The van der Waals surface area contributed by atoms with E-state index in [9.17, 15) is 0 Å². The zero-order chi connectivity index (χ0) is 10.8. The van der Waals surface area contributed by atoms with Gasteiger partial charge in [0.25, 0.3) is 0 Å². The van der Waals surface area contributed by atoms with Crippen LogP contribution in [0.3, 0.4) is 0 Å². The van der Waals surface area contributed by atoms with Gasteiger partial charge in [0, 0.05) is 18.3 Å². The van der Waals surface area contributed by atoms with Crippen LogP contribution in [0.1, 0.15) is 11.3 Å². The monoisotopic (exact) mass is 205 g/mol. The summed E-state index contributed by atoms with van der Waals surface area (Å²) >= 11 is 0. The molecule has 4 nitrogen and oxygen atoms in total. The average Bonchev–Trinajstić information content (AvgIpc) is 2.76. The van der Waals surface area contributed by atoms with Crippen molar-refractivity contribution in [1.29, 1.82) is 0 Å². The van der Waals surface area contributed by atoms with Gasteiger partial charge in [-0.3, -0.25) is 4.68 Å². The minimum absolute atomic E-state index is 0.623. The summed E-state index contributed by atoms with van der Waals surface area (Å²) in [4.78, 5) is 0. The van der Waals surface area contributed by atoms with E-state index in [2.05, 4.69) is 5.10 Å². The normalized spacial score (nSPS) is 10.9. The minimum atomic E-state index is 0.623. The van der Waals surface area contributed by atoms with Crippen LogP contribution in [-0.2, 0) is 13.5 Å². The second-order valence-electron chi connectivity index (χ2n) is 3.61. The Morgan fingerprint density at radius 2 is 2.33 bits per heavy atom. The first-order valence-corrected chi connectivity index (χ1v) is 5.00. The number of nitrogens with two attached hydrogens (primary N) is 1. The van der Waals surface area contributed by atoms with Crippen LogP contribution >= 0.6 is 0 Å². The molecule has 0 saturated carbocycles. The van der Waals surface area contributed by atoms with Crippen LogP contribution in [0.5, 0.6) is 0 Å². The molecule has 0 bridgehead atoms. The standard InChI is InChI=1S/C11H15N3O/c1-8-7-10(13-14(8)2)11-9(3-5-12)4-6-15-11/h4,6-7H,3,5,12H2,1-2H3. The molecule has 0 saturated heterocycles. The lowest BCUT2D eigenvalue weighted by Gasteiger charge is -1.96. The molecule has 2 aromatic heterocycles. The third kappa shape index (κ3) is 1.80. The fourth-order valence-electron chi connectivity index (χ4n) is 1.58. The Hall–Kier alpha value is -1.55. The van der Waals surface area contributed by atoms with E-state index in [1.54, 1.807) is 6.26 Å². The molecule has 2 N–H and O–H groups in total. The summed E-state index contributed by atoms with van der Waals surface area (Å²) in [7, 11) is 1.92. The Kier molecular flexibility index (Phi) is 2.60. The quantitative estimate of drug-likeness (QED) is 0.825. The first-order valence-electron chi connectivity index (χ1n) is 5.00. The van der Waals surface area contributed by atoms with Gasteiger partial charge in [-0.15, -0.1) is 0 Å². The maximum Gasteiger partial charge on any atom is 0.157 e. The number of rotatable bonds is 3. The van der Waals surface area contributed by atoms with Crippen LogP contribution in [-0.4, -0.2) is 16.3 Å². The number of furan rings is 1. The summed E-state index contributed by atoms with van der Waals surface area (Å²) in [5, 5.41) is 4.38. The summed E-state index contributed by atoms with van der Waals surface area (Å²) in [6, 6.07) is 3.96. The van der Waals surface area contributed by atoms with Gasteiger partial charge in [0.05, 0.1) is 6.26 Å². The maximum absolute atomic E-state index is 5.53. The van der Waals surface area contributed by atoms with E-state index in [-0.39, 0.29) is 0 Å². The summed E-state index contributed by atoms with van der Waals surface area (Å²) in [5.74, 6) is 0.837. The summed E-state index contributed by atoms with van der Waals surface area (Å²) in [6.45, 7) is 2.64. The second-order valence-corrected chi connectivity index (χ2v) is 3.61. The molecule has 2 aromatic rings. The Labute approximate surface area is 88.7 Å². The molecule has 4 heteroatoms. The van der Waals surface area contributed by atoms with Crippen LogP contribution in [0.15, 0.2) is 22.8 Å². The van der Waals surface area contributed by atoms with E-state index in [1.807, 2.05) is 30.8 Å². The Morgan fingerprint density at radius 1 is 1.53 bits per heavy atom. The minimum Gasteiger partial charge on any atom is -0.462 e. The molecule has 0 aliphatic rings. The van der Waals surface area contributed by atoms with Gasteiger partial charge >= 0.3 is 0 Å². The highest BCUT2D eigenvalue weighted by atomic mass is 16.3. The van der Waals surface area contributed by atoms with Crippen molar-refractivity contribution in [2.75, 3.05) is 6.54 Å². The van der Waals surface area contributed by atoms with E-state index >= 15 is 0 Å². The number of aromatic nitrogens is 2. The van der Waals surface area contributed by atoms with Crippen molar-refractivity contribution in [2.45, 2.75) is 13.3 Å². The van der Waals surface area contributed by atoms with Gasteiger partial charge in [0.1, 0.15) is 5.69 Å². The predicted molar refractivity (Wildman–Crippen MR) is 58.4 cm³/mol. The van der Waals surface area contributed by atoms with Crippen LogP contribution in [0.4, 0.5) is 0 Å². The zero-order valence-corrected chi connectivity index (χ0v) is 9.03. The van der Waals surface area contributed by atoms with Gasteiger partial charge in [0.15, 0.2) is 5.76 Å². The molecule has 0 fully saturated rings. The lowest BCUT2D eigenvalue weighted by atomic mass is 10.1. The smallest absolute Gasteiger partial charge is 0.157 e.